The van der Waals surface area contributed by atoms with E-state index in [9.17, 15) is 9.59 Å². The molecule has 0 spiro atoms. The van der Waals surface area contributed by atoms with Gasteiger partial charge in [-0.1, -0.05) is 30.3 Å². The first-order valence-electron chi connectivity index (χ1n) is 9.97. The number of nitrogens with zero attached hydrogens (tertiary/aromatic N) is 2. The summed E-state index contributed by atoms with van der Waals surface area (Å²) in [5.74, 6) is 0.718. The molecule has 154 valence electrons. The van der Waals surface area contributed by atoms with Crippen LogP contribution < -0.4 is 10.1 Å². The summed E-state index contributed by atoms with van der Waals surface area (Å²) in [6.45, 7) is 2.76. The van der Waals surface area contributed by atoms with E-state index < -0.39 is 0 Å². The van der Waals surface area contributed by atoms with E-state index in [0.717, 1.165) is 5.56 Å². The quantitative estimate of drug-likeness (QED) is 0.663. The van der Waals surface area contributed by atoms with E-state index in [1.165, 1.54) is 0 Å². The number of amides is 2. The Balaban J connectivity index is 1.48. The Bertz CT molecular complexity index is 1160. The third-order valence-corrected chi connectivity index (χ3v) is 5.16. The Morgan fingerprint density at radius 3 is 2.45 bits per heavy atom. The third-order valence-electron chi connectivity index (χ3n) is 5.16. The molecule has 1 aliphatic heterocycles. The van der Waals surface area contributed by atoms with Gasteiger partial charge >= 0.3 is 0 Å². The van der Waals surface area contributed by atoms with Gasteiger partial charge in [0.15, 0.2) is 0 Å². The number of carbonyl (C=O) groups excluding carboxylic acids is 2. The highest BCUT2D eigenvalue weighted by atomic mass is 16.5. The van der Waals surface area contributed by atoms with Crippen molar-refractivity contribution in [1.82, 2.24) is 4.90 Å². The van der Waals surface area contributed by atoms with Crippen molar-refractivity contribution in [2.75, 3.05) is 18.4 Å². The summed E-state index contributed by atoms with van der Waals surface area (Å²) >= 11 is 0. The second-order valence-electron chi connectivity index (χ2n) is 7.46. The molecule has 6 nitrogen and oxygen atoms in total. The molecule has 0 radical (unpaired) electrons. The zero-order valence-electron chi connectivity index (χ0n) is 17.0. The number of carbonyl (C=O) groups is 2. The molecule has 3 aromatic carbocycles. The summed E-state index contributed by atoms with van der Waals surface area (Å²) in [6, 6.07) is 23.7. The van der Waals surface area contributed by atoms with E-state index in [4.69, 9.17) is 10.00 Å². The lowest BCUT2D eigenvalue weighted by atomic mass is 10.00. The monoisotopic (exact) mass is 411 g/mol. The minimum atomic E-state index is -0.292. The first kappa shape index (κ1) is 20.2. The van der Waals surface area contributed by atoms with Gasteiger partial charge in [-0.15, -0.1) is 0 Å². The van der Waals surface area contributed by atoms with Gasteiger partial charge in [-0.25, -0.2) is 0 Å². The van der Waals surface area contributed by atoms with Gasteiger partial charge in [0, 0.05) is 29.9 Å². The van der Waals surface area contributed by atoms with Crippen LogP contribution in [0.1, 0.15) is 26.3 Å². The molecule has 1 saturated heterocycles. The molecule has 4 rings (SSSR count). The number of ether oxygens (including phenoxy) is 1. The van der Waals surface area contributed by atoms with Gasteiger partial charge < -0.3 is 15.0 Å². The Morgan fingerprint density at radius 1 is 0.968 bits per heavy atom. The fourth-order valence-electron chi connectivity index (χ4n) is 3.32. The van der Waals surface area contributed by atoms with Crippen LogP contribution in [0.4, 0.5) is 5.69 Å². The summed E-state index contributed by atoms with van der Waals surface area (Å²) in [5.41, 5.74) is 2.35. The summed E-state index contributed by atoms with van der Waals surface area (Å²) in [5, 5.41) is 11.8. The van der Waals surface area contributed by atoms with Crippen molar-refractivity contribution in [3.05, 3.63) is 89.5 Å². The molecule has 1 heterocycles. The van der Waals surface area contributed by atoms with Crippen molar-refractivity contribution >= 4 is 17.5 Å². The first-order chi connectivity index (χ1) is 15.0. The predicted molar refractivity (Wildman–Crippen MR) is 117 cm³/mol. The molecule has 0 atom stereocenters. The molecule has 0 aliphatic carbocycles. The SMILES string of the molecule is Cc1ccc(C(=O)N2CC(C#N)C2)cc1NC(=O)c1cccc(Oc2ccccc2)c1. The number of likely N-dealkylation sites (tertiary alicyclic amines) is 1. The molecule has 1 aliphatic rings. The van der Waals surface area contributed by atoms with Gasteiger partial charge in [-0.2, -0.15) is 5.26 Å². The van der Waals surface area contributed by atoms with E-state index >= 15 is 0 Å². The zero-order chi connectivity index (χ0) is 21.8. The molecule has 2 amide bonds. The Morgan fingerprint density at radius 2 is 1.71 bits per heavy atom. The second kappa shape index (κ2) is 8.72. The molecular weight excluding hydrogens is 390 g/mol. The van der Waals surface area contributed by atoms with Crippen molar-refractivity contribution in [3.63, 3.8) is 0 Å². The van der Waals surface area contributed by atoms with Crippen LogP contribution in [-0.4, -0.2) is 29.8 Å². The summed E-state index contributed by atoms with van der Waals surface area (Å²) in [6.07, 6.45) is 0. The van der Waals surface area contributed by atoms with Gasteiger partial charge in [-0.05, 0) is 55.0 Å². The van der Waals surface area contributed by atoms with E-state index in [1.54, 1.807) is 47.4 Å². The van der Waals surface area contributed by atoms with Gasteiger partial charge in [0.05, 0.1) is 12.0 Å². The predicted octanol–water partition coefficient (Wildman–Crippen LogP) is 4.64. The van der Waals surface area contributed by atoms with E-state index in [-0.39, 0.29) is 17.7 Å². The molecule has 1 N–H and O–H groups in total. The first-order valence-corrected chi connectivity index (χ1v) is 9.97. The number of benzene rings is 3. The average molecular weight is 411 g/mol. The molecule has 6 heteroatoms. The Labute approximate surface area is 180 Å². The number of rotatable bonds is 5. The minimum absolute atomic E-state index is 0.0982. The zero-order valence-corrected chi connectivity index (χ0v) is 17.0. The molecule has 0 saturated carbocycles. The number of aryl methyl sites for hydroxylation is 1. The molecule has 0 aromatic heterocycles. The maximum absolute atomic E-state index is 12.8. The van der Waals surface area contributed by atoms with Gasteiger partial charge in [0.1, 0.15) is 11.5 Å². The highest BCUT2D eigenvalue weighted by Crippen LogP contribution is 2.25. The molecule has 0 bridgehead atoms. The summed E-state index contributed by atoms with van der Waals surface area (Å²) in [4.78, 5) is 27.1. The summed E-state index contributed by atoms with van der Waals surface area (Å²) < 4.78 is 5.80. The number of hydrogen-bond acceptors (Lipinski definition) is 4. The highest BCUT2D eigenvalue weighted by molar-refractivity contribution is 6.05. The standard InChI is InChI=1S/C25H21N3O3/c1-17-10-11-20(25(30)28-15-18(14-26)16-28)13-23(17)27-24(29)19-6-5-9-22(12-19)31-21-7-3-2-4-8-21/h2-13,18H,15-16H2,1H3,(H,27,29). The van der Waals surface area contributed by atoms with E-state index in [0.29, 0.717) is 41.4 Å². The average Bonchev–Trinajstić information content (AvgIpc) is 2.75. The second-order valence-corrected chi connectivity index (χ2v) is 7.46. The lowest BCUT2D eigenvalue weighted by Gasteiger charge is -2.35. The molecule has 1 fully saturated rings. The topological polar surface area (TPSA) is 82.4 Å². The number of para-hydroxylation sites is 1. The lowest BCUT2D eigenvalue weighted by Crippen LogP contribution is -2.49. The van der Waals surface area contributed by atoms with Crippen LogP contribution >= 0.6 is 0 Å². The van der Waals surface area contributed by atoms with Gasteiger partial charge in [-0.3, -0.25) is 9.59 Å². The van der Waals surface area contributed by atoms with Crippen LogP contribution in [0, 0.1) is 24.2 Å². The number of nitriles is 1. The van der Waals surface area contributed by atoms with Crippen LogP contribution in [0.25, 0.3) is 0 Å². The smallest absolute Gasteiger partial charge is 0.255 e. The van der Waals surface area contributed by atoms with Crippen LogP contribution in [0.15, 0.2) is 72.8 Å². The lowest BCUT2D eigenvalue weighted by molar-refractivity contribution is 0.0577. The Hall–Kier alpha value is -4.11. The Kier molecular flexibility index (Phi) is 5.67. The van der Waals surface area contributed by atoms with Crippen molar-refractivity contribution in [3.8, 4) is 17.6 Å². The van der Waals surface area contributed by atoms with Crippen molar-refractivity contribution < 1.29 is 14.3 Å². The molecular formula is C25H21N3O3. The van der Waals surface area contributed by atoms with E-state index in [1.807, 2.05) is 37.3 Å². The van der Waals surface area contributed by atoms with Crippen LogP contribution in [0.2, 0.25) is 0 Å². The molecule has 0 unspecified atom stereocenters. The van der Waals surface area contributed by atoms with Crippen molar-refractivity contribution in [2.24, 2.45) is 5.92 Å². The van der Waals surface area contributed by atoms with Crippen LogP contribution in [0.5, 0.6) is 11.5 Å². The molecule has 3 aromatic rings. The highest BCUT2D eigenvalue weighted by Gasteiger charge is 2.31. The van der Waals surface area contributed by atoms with E-state index in [2.05, 4.69) is 11.4 Å². The largest absolute Gasteiger partial charge is 0.457 e. The van der Waals surface area contributed by atoms with Crippen LogP contribution in [0.3, 0.4) is 0 Å². The van der Waals surface area contributed by atoms with Crippen molar-refractivity contribution in [1.29, 1.82) is 5.26 Å². The van der Waals surface area contributed by atoms with Gasteiger partial charge in [0.25, 0.3) is 11.8 Å². The van der Waals surface area contributed by atoms with Crippen LogP contribution in [-0.2, 0) is 0 Å². The fraction of sp³-hybridized carbons (Fsp3) is 0.160. The maximum atomic E-state index is 12.8. The van der Waals surface area contributed by atoms with Crippen molar-refractivity contribution in [2.45, 2.75) is 6.92 Å². The normalized spacial score (nSPS) is 13.1. The third kappa shape index (κ3) is 4.57. The number of hydrogen-bond donors (Lipinski definition) is 1. The molecule has 31 heavy (non-hydrogen) atoms. The summed E-state index contributed by atoms with van der Waals surface area (Å²) in [7, 11) is 0. The minimum Gasteiger partial charge on any atom is -0.457 e. The fourth-order valence-corrected chi connectivity index (χ4v) is 3.32. The number of anilines is 1. The van der Waals surface area contributed by atoms with Gasteiger partial charge in [0.2, 0.25) is 0 Å². The number of nitrogens with one attached hydrogen (secondary N) is 1. The maximum Gasteiger partial charge on any atom is 0.255 e.